The molecule has 0 spiro atoms. The molecule has 0 fully saturated rings. The molecule has 3 aromatic carbocycles. The minimum atomic E-state index is -0.403. The SMILES string of the molecule is Cc1cc(Oc2cnn(C)c(=O)c2Nc2cccc(C(=O)NCc3ccc(F)cc3)c2)ccc1Cl. The summed E-state index contributed by atoms with van der Waals surface area (Å²) < 4.78 is 20.2. The first-order chi connectivity index (χ1) is 16.8. The lowest BCUT2D eigenvalue weighted by atomic mass is 10.1. The van der Waals surface area contributed by atoms with Gasteiger partial charge in [-0.1, -0.05) is 29.8 Å². The second kappa shape index (κ2) is 10.4. The molecule has 0 aliphatic heterocycles. The van der Waals surface area contributed by atoms with Crippen molar-refractivity contribution >= 4 is 28.9 Å². The molecule has 2 N–H and O–H groups in total. The molecule has 9 heteroatoms. The second-order valence-corrected chi connectivity index (χ2v) is 8.25. The summed E-state index contributed by atoms with van der Waals surface area (Å²) in [6.45, 7) is 2.10. The summed E-state index contributed by atoms with van der Waals surface area (Å²) in [4.78, 5) is 25.5. The fourth-order valence-electron chi connectivity index (χ4n) is 3.29. The highest BCUT2D eigenvalue weighted by Gasteiger charge is 2.14. The van der Waals surface area contributed by atoms with Gasteiger partial charge in [0.05, 0.1) is 6.20 Å². The number of hydrogen-bond donors (Lipinski definition) is 2. The minimum Gasteiger partial charge on any atom is -0.453 e. The van der Waals surface area contributed by atoms with Crippen LogP contribution in [0.2, 0.25) is 5.02 Å². The van der Waals surface area contributed by atoms with E-state index < -0.39 is 5.56 Å². The van der Waals surface area contributed by atoms with Crippen molar-refractivity contribution in [3.05, 3.63) is 111 Å². The number of anilines is 2. The number of nitrogens with zero attached hydrogens (tertiary/aromatic N) is 2. The summed E-state index contributed by atoms with van der Waals surface area (Å²) in [7, 11) is 1.53. The molecule has 0 bridgehead atoms. The van der Waals surface area contributed by atoms with Gasteiger partial charge < -0.3 is 15.4 Å². The Morgan fingerprint density at radius 1 is 1.11 bits per heavy atom. The van der Waals surface area contributed by atoms with Gasteiger partial charge in [-0.3, -0.25) is 9.59 Å². The normalized spacial score (nSPS) is 10.6. The van der Waals surface area contributed by atoms with E-state index in [1.165, 1.54) is 30.1 Å². The van der Waals surface area contributed by atoms with Crippen LogP contribution in [0.4, 0.5) is 15.8 Å². The largest absolute Gasteiger partial charge is 0.453 e. The highest BCUT2D eigenvalue weighted by atomic mass is 35.5. The van der Waals surface area contributed by atoms with Gasteiger partial charge >= 0.3 is 0 Å². The number of rotatable bonds is 7. The van der Waals surface area contributed by atoms with Crippen LogP contribution in [-0.2, 0) is 13.6 Å². The molecule has 0 radical (unpaired) electrons. The summed E-state index contributed by atoms with van der Waals surface area (Å²) in [5, 5.41) is 10.5. The standard InChI is InChI=1S/C26H22ClFN4O3/c1-16-12-21(10-11-22(16)27)35-23-15-30-32(2)26(34)24(23)31-20-5-3-4-18(13-20)25(33)29-14-17-6-8-19(28)9-7-17/h3-13,15,31H,14H2,1-2H3,(H,29,33). The maximum atomic E-state index is 13.1. The van der Waals surface area contributed by atoms with E-state index in [0.29, 0.717) is 22.0 Å². The smallest absolute Gasteiger partial charge is 0.294 e. The average Bonchev–Trinajstić information content (AvgIpc) is 2.85. The Labute approximate surface area is 206 Å². The van der Waals surface area contributed by atoms with Crippen LogP contribution in [0.3, 0.4) is 0 Å². The number of aromatic nitrogens is 2. The van der Waals surface area contributed by atoms with Gasteiger partial charge in [-0.2, -0.15) is 5.10 Å². The Morgan fingerprint density at radius 3 is 2.63 bits per heavy atom. The molecule has 0 aliphatic carbocycles. The van der Waals surface area contributed by atoms with Gasteiger partial charge in [-0.25, -0.2) is 9.07 Å². The summed E-state index contributed by atoms with van der Waals surface area (Å²) in [5.74, 6) is 0.0734. The van der Waals surface area contributed by atoms with Crippen molar-refractivity contribution in [3.63, 3.8) is 0 Å². The third kappa shape index (κ3) is 5.85. The molecular formula is C26H22ClFN4O3. The van der Waals surface area contributed by atoms with E-state index in [9.17, 15) is 14.0 Å². The second-order valence-electron chi connectivity index (χ2n) is 7.84. The average molecular weight is 493 g/mol. The van der Waals surface area contributed by atoms with Crippen LogP contribution in [0.5, 0.6) is 11.5 Å². The van der Waals surface area contributed by atoms with E-state index in [1.807, 2.05) is 6.92 Å². The highest BCUT2D eigenvalue weighted by Crippen LogP contribution is 2.30. The van der Waals surface area contributed by atoms with Crippen molar-refractivity contribution in [2.24, 2.45) is 7.05 Å². The Hall–Kier alpha value is -4.17. The van der Waals surface area contributed by atoms with E-state index in [-0.39, 0.29) is 29.7 Å². The lowest BCUT2D eigenvalue weighted by Gasteiger charge is -2.14. The maximum absolute atomic E-state index is 13.1. The predicted octanol–water partition coefficient (Wildman–Crippen LogP) is 5.35. The highest BCUT2D eigenvalue weighted by molar-refractivity contribution is 6.31. The monoisotopic (exact) mass is 492 g/mol. The number of halogens is 2. The maximum Gasteiger partial charge on any atom is 0.294 e. The van der Waals surface area contributed by atoms with Crippen LogP contribution in [0, 0.1) is 12.7 Å². The van der Waals surface area contributed by atoms with Gasteiger partial charge in [0.25, 0.3) is 11.5 Å². The van der Waals surface area contributed by atoms with E-state index >= 15 is 0 Å². The Balaban J connectivity index is 1.54. The number of amides is 1. The lowest BCUT2D eigenvalue weighted by molar-refractivity contribution is 0.0951. The lowest BCUT2D eigenvalue weighted by Crippen LogP contribution is -2.23. The third-order valence-electron chi connectivity index (χ3n) is 5.22. The molecule has 35 heavy (non-hydrogen) atoms. The van der Waals surface area contributed by atoms with Gasteiger partial charge in [-0.05, 0) is 66.6 Å². The topological polar surface area (TPSA) is 85.2 Å². The van der Waals surface area contributed by atoms with Gasteiger partial charge in [0, 0.05) is 29.9 Å². The van der Waals surface area contributed by atoms with Crippen molar-refractivity contribution in [2.75, 3.05) is 5.32 Å². The van der Waals surface area contributed by atoms with E-state index in [0.717, 1.165) is 11.1 Å². The third-order valence-corrected chi connectivity index (χ3v) is 5.64. The van der Waals surface area contributed by atoms with E-state index in [2.05, 4.69) is 15.7 Å². The Kier molecular flexibility index (Phi) is 7.12. The number of aryl methyl sites for hydroxylation is 2. The number of carbonyl (C=O) groups is 1. The zero-order valence-electron chi connectivity index (χ0n) is 19.0. The molecular weight excluding hydrogens is 471 g/mol. The van der Waals surface area contributed by atoms with Crippen LogP contribution in [0.1, 0.15) is 21.5 Å². The summed E-state index contributed by atoms with van der Waals surface area (Å²) >= 11 is 6.09. The fourth-order valence-corrected chi connectivity index (χ4v) is 3.41. The summed E-state index contributed by atoms with van der Waals surface area (Å²) in [6, 6.07) is 17.8. The predicted molar refractivity (Wildman–Crippen MR) is 133 cm³/mol. The van der Waals surface area contributed by atoms with Crippen LogP contribution in [0.25, 0.3) is 0 Å². The molecule has 178 valence electrons. The molecule has 0 aliphatic rings. The molecule has 0 unspecified atom stereocenters. The Morgan fingerprint density at radius 2 is 1.89 bits per heavy atom. The van der Waals surface area contributed by atoms with Gasteiger partial charge in [0.2, 0.25) is 0 Å². The minimum absolute atomic E-state index is 0.166. The number of ether oxygens (including phenoxy) is 1. The van der Waals surface area contributed by atoms with Gasteiger partial charge in [-0.15, -0.1) is 0 Å². The quantitative estimate of drug-likeness (QED) is 0.363. The van der Waals surface area contributed by atoms with Crippen LogP contribution in [0.15, 0.2) is 77.7 Å². The molecule has 0 saturated heterocycles. The molecule has 0 atom stereocenters. The molecule has 1 aromatic heterocycles. The Bertz CT molecular complexity index is 1440. The number of hydrogen-bond acceptors (Lipinski definition) is 5. The van der Waals surface area contributed by atoms with Crippen molar-refractivity contribution in [1.82, 2.24) is 15.1 Å². The number of carbonyl (C=O) groups excluding carboxylic acids is 1. The van der Waals surface area contributed by atoms with E-state index in [1.54, 1.807) is 54.6 Å². The zero-order chi connectivity index (χ0) is 24.9. The first-order valence-electron chi connectivity index (χ1n) is 10.7. The summed E-state index contributed by atoms with van der Waals surface area (Å²) in [5.41, 5.74) is 2.26. The number of benzene rings is 3. The molecule has 4 aromatic rings. The van der Waals surface area contributed by atoms with E-state index in [4.69, 9.17) is 16.3 Å². The van der Waals surface area contributed by atoms with Crippen LogP contribution >= 0.6 is 11.6 Å². The zero-order valence-corrected chi connectivity index (χ0v) is 19.8. The first kappa shape index (κ1) is 24.0. The van der Waals surface area contributed by atoms with Crippen LogP contribution < -0.4 is 20.9 Å². The summed E-state index contributed by atoms with van der Waals surface area (Å²) in [6.07, 6.45) is 1.44. The molecule has 1 heterocycles. The molecule has 1 amide bonds. The fraction of sp³-hybridized carbons (Fsp3) is 0.115. The molecule has 7 nitrogen and oxygen atoms in total. The van der Waals surface area contributed by atoms with Crippen molar-refractivity contribution in [1.29, 1.82) is 0 Å². The van der Waals surface area contributed by atoms with Crippen molar-refractivity contribution < 1.29 is 13.9 Å². The van der Waals surface area contributed by atoms with Gasteiger partial charge in [0.1, 0.15) is 11.6 Å². The number of nitrogens with one attached hydrogen (secondary N) is 2. The van der Waals surface area contributed by atoms with Crippen molar-refractivity contribution in [3.8, 4) is 11.5 Å². The first-order valence-corrected chi connectivity index (χ1v) is 11.1. The molecule has 4 rings (SSSR count). The van der Waals surface area contributed by atoms with Crippen LogP contribution in [-0.4, -0.2) is 15.7 Å². The van der Waals surface area contributed by atoms with Gasteiger partial charge in [0.15, 0.2) is 11.4 Å². The molecule has 0 saturated carbocycles. The van der Waals surface area contributed by atoms with Crippen molar-refractivity contribution in [2.45, 2.75) is 13.5 Å².